The van der Waals surface area contributed by atoms with E-state index in [9.17, 15) is 10.4 Å². The molecule has 1 saturated carbocycles. The summed E-state index contributed by atoms with van der Waals surface area (Å²) in [5, 5.41) is 25.7. The predicted octanol–water partition coefficient (Wildman–Crippen LogP) is 2.68. The molecule has 0 radical (unpaired) electrons. The van der Waals surface area contributed by atoms with Crippen LogP contribution in [0.1, 0.15) is 36.8 Å². The van der Waals surface area contributed by atoms with Gasteiger partial charge in [-0.25, -0.2) is 4.99 Å². The second kappa shape index (κ2) is 7.54. The van der Waals surface area contributed by atoms with E-state index in [0.717, 1.165) is 31.5 Å². The maximum absolute atomic E-state index is 9.66. The highest BCUT2D eigenvalue weighted by Crippen LogP contribution is 2.23. The fourth-order valence-corrected chi connectivity index (χ4v) is 3.31. The fourth-order valence-electron chi connectivity index (χ4n) is 3.31. The van der Waals surface area contributed by atoms with Crippen molar-refractivity contribution < 1.29 is 5.11 Å². The third kappa shape index (κ3) is 4.09. The van der Waals surface area contributed by atoms with Crippen molar-refractivity contribution in [1.82, 2.24) is 10.6 Å². The fraction of sp³-hybridized carbons (Fsp3) is 0.400. The van der Waals surface area contributed by atoms with Crippen molar-refractivity contribution in [1.29, 1.82) is 5.26 Å². The quantitative estimate of drug-likeness (QED) is 0.790. The highest BCUT2D eigenvalue weighted by atomic mass is 16.3. The van der Waals surface area contributed by atoms with E-state index in [-0.39, 0.29) is 12.1 Å². The molecule has 3 N–H and O–H groups in total. The molecule has 1 fully saturated rings. The van der Waals surface area contributed by atoms with Gasteiger partial charge in [-0.3, -0.25) is 0 Å². The van der Waals surface area contributed by atoms with E-state index in [2.05, 4.69) is 47.3 Å². The zero-order chi connectivity index (χ0) is 17.8. The van der Waals surface area contributed by atoms with Crippen molar-refractivity contribution in [3.8, 4) is 6.07 Å². The number of benzene rings is 1. The first-order valence-electron chi connectivity index (χ1n) is 8.74. The molecule has 0 bridgehead atoms. The molecule has 0 aromatic heterocycles. The lowest BCUT2D eigenvalue weighted by atomic mass is 9.93. The van der Waals surface area contributed by atoms with Gasteiger partial charge in [0, 0.05) is 12.5 Å². The van der Waals surface area contributed by atoms with Crippen LogP contribution in [0.4, 0.5) is 0 Å². The molecule has 1 aliphatic carbocycles. The van der Waals surface area contributed by atoms with E-state index in [4.69, 9.17) is 0 Å². The number of aryl methyl sites for hydroxylation is 1. The van der Waals surface area contributed by atoms with Gasteiger partial charge in [0.15, 0.2) is 0 Å². The number of nitrogens with one attached hydrogen (secondary N) is 2. The zero-order valence-corrected chi connectivity index (χ0v) is 14.5. The molecule has 3 rings (SSSR count). The molecule has 1 aliphatic heterocycles. The minimum Gasteiger partial charge on any atom is -0.393 e. The van der Waals surface area contributed by atoms with Gasteiger partial charge in [-0.1, -0.05) is 30.8 Å². The molecule has 0 amide bonds. The smallest absolute Gasteiger partial charge is 0.148 e. The monoisotopic (exact) mass is 336 g/mol. The van der Waals surface area contributed by atoms with Gasteiger partial charge >= 0.3 is 0 Å². The van der Waals surface area contributed by atoms with Crippen molar-refractivity contribution in [2.75, 3.05) is 0 Å². The van der Waals surface area contributed by atoms with E-state index in [0.29, 0.717) is 23.5 Å². The molecule has 130 valence electrons. The molecule has 0 spiro atoms. The summed E-state index contributed by atoms with van der Waals surface area (Å²) in [6.07, 6.45) is 3.79. The molecule has 0 unspecified atom stereocenters. The van der Waals surface area contributed by atoms with Gasteiger partial charge in [0.2, 0.25) is 0 Å². The Hall–Kier alpha value is -2.58. The van der Waals surface area contributed by atoms with Crippen LogP contribution in [-0.4, -0.2) is 23.1 Å². The van der Waals surface area contributed by atoms with Crippen molar-refractivity contribution in [2.24, 2.45) is 4.99 Å². The first-order chi connectivity index (χ1) is 12.1. The van der Waals surface area contributed by atoms with E-state index in [1.807, 2.05) is 12.1 Å². The third-order valence-corrected chi connectivity index (χ3v) is 4.85. The Morgan fingerprint density at radius 3 is 2.72 bits per heavy atom. The van der Waals surface area contributed by atoms with Crippen LogP contribution in [0.2, 0.25) is 0 Å². The summed E-state index contributed by atoms with van der Waals surface area (Å²) in [5.74, 6) is 1.38. The van der Waals surface area contributed by atoms with Gasteiger partial charge < -0.3 is 15.7 Å². The lowest BCUT2D eigenvalue weighted by Gasteiger charge is -2.29. The molecule has 1 aromatic carbocycles. The van der Waals surface area contributed by atoms with Crippen LogP contribution in [0.5, 0.6) is 0 Å². The molecule has 1 heterocycles. The number of allylic oxidation sites excluding steroid dienone is 1. The van der Waals surface area contributed by atoms with E-state index in [1.165, 1.54) is 11.1 Å². The Morgan fingerprint density at radius 2 is 2.04 bits per heavy atom. The first-order valence-corrected chi connectivity index (χ1v) is 8.74. The van der Waals surface area contributed by atoms with E-state index < -0.39 is 0 Å². The number of nitrogens with zero attached hydrogens (tertiary/aromatic N) is 2. The van der Waals surface area contributed by atoms with Crippen LogP contribution in [0.3, 0.4) is 0 Å². The van der Waals surface area contributed by atoms with Gasteiger partial charge in [0.05, 0.1) is 11.8 Å². The zero-order valence-electron chi connectivity index (χ0n) is 14.5. The lowest BCUT2D eigenvalue weighted by Crippen LogP contribution is -2.38. The summed E-state index contributed by atoms with van der Waals surface area (Å²) in [6.45, 7) is 6.06. The molecule has 1 aromatic rings. The Morgan fingerprint density at radius 1 is 1.32 bits per heavy atom. The first kappa shape index (κ1) is 17.2. The second-order valence-corrected chi connectivity index (χ2v) is 6.75. The molecular weight excluding hydrogens is 312 g/mol. The molecule has 5 heteroatoms. The highest BCUT2D eigenvalue weighted by Gasteiger charge is 2.24. The van der Waals surface area contributed by atoms with Gasteiger partial charge in [-0.05, 0) is 43.7 Å². The molecule has 25 heavy (non-hydrogen) atoms. The number of amidine groups is 1. The molecular formula is C20H24N4O. The summed E-state index contributed by atoms with van der Waals surface area (Å²) in [5.41, 5.74) is 3.45. The average Bonchev–Trinajstić information content (AvgIpc) is 2.59. The number of aliphatic hydroxyl groups is 1. The lowest BCUT2D eigenvalue weighted by molar-refractivity contribution is 0.118. The van der Waals surface area contributed by atoms with Gasteiger partial charge in [-0.15, -0.1) is 0 Å². The van der Waals surface area contributed by atoms with Gasteiger partial charge in [0.1, 0.15) is 23.3 Å². The number of nitriles is 1. The summed E-state index contributed by atoms with van der Waals surface area (Å²) in [7, 11) is 0. The van der Waals surface area contributed by atoms with Crippen LogP contribution < -0.4 is 10.6 Å². The summed E-state index contributed by atoms with van der Waals surface area (Å²) < 4.78 is 0. The summed E-state index contributed by atoms with van der Waals surface area (Å²) in [6, 6.07) is 10.6. The Bertz CT molecular complexity index is 764. The predicted molar refractivity (Wildman–Crippen MR) is 98.6 cm³/mol. The topological polar surface area (TPSA) is 80.4 Å². The van der Waals surface area contributed by atoms with Crippen molar-refractivity contribution in [2.45, 2.75) is 51.2 Å². The van der Waals surface area contributed by atoms with Gasteiger partial charge in [0.25, 0.3) is 0 Å². The van der Waals surface area contributed by atoms with Crippen molar-refractivity contribution >= 4 is 5.84 Å². The molecule has 0 saturated heterocycles. The number of rotatable bonds is 4. The maximum atomic E-state index is 9.66. The van der Waals surface area contributed by atoms with E-state index in [1.54, 1.807) is 0 Å². The minimum atomic E-state index is -0.203. The van der Waals surface area contributed by atoms with Gasteiger partial charge in [-0.2, -0.15) is 5.26 Å². The Labute approximate surface area is 148 Å². The van der Waals surface area contributed by atoms with Crippen LogP contribution in [0, 0.1) is 18.3 Å². The number of hydrogen-bond donors (Lipinski definition) is 3. The largest absolute Gasteiger partial charge is 0.393 e. The Kier molecular flexibility index (Phi) is 5.20. The molecule has 5 nitrogen and oxygen atoms in total. The van der Waals surface area contributed by atoms with Crippen LogP contribution in [-0.2, 0) is 6.42 Å². The minimum absolute atomic E-state index is 0.203. The van der Waals surface area contributed by atoms with Crippen molar-refractivity contribution in [3.05, 3.63) is 59.1 Å². The normalized spacial score (nSPS) is 23.6. The number of aliphatic hydroxyl groups excluding tert-OH is 1. The highest BCUT2D eigenvalue weighted by molar-refractivity contribution is 5.89. The Balaban J connectivity index is 1.80. The molecule has 2 aliphatic rings. The molecule has 0 atom stereocenters. The summed E-state index contributed by atoms with van der Waals surface area (Å²) >= 11 is 0. The maximum Gasteiger partial charge on any atom is 0.148 e. The third-order valence-electron chi connectivity index (χ3n) is 4.85. The van der Waals surface area contributed by atoms with E-state index >= 15 is 0 Å². The number of hydrogen-bond acceptors (Lipinski definition) is 5. The average molecular weight is 336 g/mol. The standard InChI is InChI=1S/C20H24N4O/c1-13-5-3-4-6-15(13)11-19-22-14(2)18(12-21)20(24-19)23-16-7-9-17(25)10-8-16/h3-6,16-17,23,25H,2,7-11H2,1H3,(H,22,24). The van der Waals surface area contributed by atoms with Crippen LogP contribution in [0.15, 0.2) is 52.9 Å². The SMILES string of the molecule is C=C1NC(Cc2ccccc2C)=NC(NC2CCC(O)CC2)=C1C#N. The second-order valence-electron chi connectivity index (χ2n) is 6.75. The van der Waals surface area contributed by atoms with Crippen LogP contribution in [0.25, 0.3) is 0 Å². The number of aliphatic imine (C=N–C) groups is 1. The van der Waals surface area contributed by atoms with Crippen LogP contribution >= 0.6 is 0 Å². The van der Waals surface area contributed by atoms with Crippen molar-refractivity contribution in [3.63, 3.8) is 0 Å². The summed E-state index contributed by atoms with van der Waals surface area (Å²) in [4.78, 5) is 4.66.